The Hall–Kier alpha value is -1.39. The number of carbonyl (C=O) groups is 1. The SMILES string of the molecule is CC(OCc1ccccc1)C(=O)NCC1(O)CCCCCC1. The van der Waals surface area contributed by atoms with E-state index in [4.69, 9.17) is 4.74 Å². The lowest BCUT2D eigenvalue weighted by Gasteiger charge is -2.27. The van der Waals surface area contributed by atoms with Gasteiger partial charge in [0.05, 0.1) is 12.2 Å². The molecule has 2 rings (SSSR count). The van der Waals surface area contributed by atoms with Crippen LogP contribution in [0.1, 0.15) is 51.0 Å². The van der Waals surface area contributed by atoms with E-state index in [1.165, 1.54) is 12.8 Å². The molecule has 4 heteroatoms. The Balaban J connectivity index is 1.73. The highest BCUT2D eigenvalue weighted by atomic mass is 16.5. The van der Waals surface area contributed by atoms with E-state index in [9.17, 15) is 9.90 Å². The van der Waals surface area contributed by atoms with E-state index in [-0.39, 0.29) is 5.91 Å². The van der Waals surface area contributed by atoms with E-state index < -0.39 is 11.7 Å². The Kier molecular flexibility index (Phi) is 6.40. The van der Waals surface area contributed by atoms with Gasteiger partial charge < -0.3 is 15.2 Å². The van der Waals surface area contributed by atoms with Crippen molar-refractivity contribution in [3.63, 3.8) is 0 Å². The van der Waals surface area contributed by atoms with Gasteiger partial charge in [0.15, 0.2) is 0 Å². The monoisotopic (exact) mass is 305 g/mol. The van der Waals surface area contributed by atoms with Crippen LogP contribution in [0.3, 0.4) is 0 Å². The van der Waals surface area contributed by atoms with Crippen LogP contribution >= 0.6 is 0 Å². The molecule has 1 aliphatic rings. The van der Waals surface area contributed by atoms with Crippen molar-refractivity contribution in [1.82, 2.24) is 5.32 Å². The predicted molar refractivity (Wildman–Crippen MR) is 86.4 cm³/mol. The zero-order chi connectivity index (χ0) is 15.8. The van der Waals surface area contributed by atoms with E-state index in [0.717, 1.165) is 31.2 Å². The third-order valence-corrected chi connectivity index (χ3v) is 4.34. The summed E-state index contributed by atoms with van der Waals surface area (Å²) in [7, 11) is 0. The van der Waals surface area contributed by atoms with Gasteiger partial charge in [-0.05, 0) is 25.3 Å². The highest BCUT2D eigenvalue weighted by molar-refractivity contribution is 5.80. The molecule has 1 aromatic rings. The van der Waals surface area contributed by atoms with Gasteiger partial charge in [0.25, 0.3) is 0 Å². The van der Waals surface area contributed by atoms with Gasteiger partial charge in [0.1, 0.15) is 6.10 Å². The van der Waals surface area contributed by atoms with E-state index >= 15 is 0 Å². The first-order valence-electron chi connectivity index (χ1n) is 8.25. The lowest BCUT2D eigenvalue weighted by molar-refractivity contribution is -0.133. The number of hydrogen-bond acceptors (Lipinski definition) is 3. The van der Waals surface area contributed by atoms with Gasteiger partial charge >= 0.3 is 0 Å². The van der Waals surface area contributed by atoms with Gasteiger partial charge in [-0.1, -0.05) is 56.0 Å². The summed E-state index contributed by atoms with van der Waals surface area (Å²) in [4.78, 5) is 12.1. The number of amides is 1. The Bertz CT molecular complexity index is 453. The van der Waals surface area contributed by atoms with Crippen molar-refractivity contribution in [2.24, 2.45) is 0 Å². The molecule has 1 fully saturated rings. The molecule has 1 amide bonds. The summed E-state index contributed by atoms with van der Waals surface area (Å²) in [5, 5.41) is 13.4. The molecule has 1 atom stereocenters. The molecular weight excluding hydrogens is 278 g/mol. The highest BCUT2D eigenvalue weighted by Gasteiger charge is 2.29. The highest BCUT2D eigenvalue weighted by Crippen LogP contribution is 2.26. The number of carbonyl (C=O) groups excluding carboxylic acids is 1. The fourth-order valence-corrected chi connectivity index (χ4v) is 2.83. The van der Waals surface area contributed by atoms with Crippen LogP contribution in [0.2, 0.25) is 0 Å². The van der Waals surface area contributed by atoms with Crippen LogP contribution in [0.25, 0.3) is 0 Å². The summed E-state index contributed by atoms with van der Waals surface area (Å²) < 4.78 is 5.59. The summed E-state index contributed by atoms with van der Waals surface area (Å²) in [5.41, 5.74) is 0.301. The van der Waals surface area contributed by atoms with Crippen LogP contribution in [-0.4, -0.2) is 29.3 Å². The molecule has 0 heterocycles. The summed E-state index contributed by atoms with van der Waals surface area (Å²) in [5.74, 6) is -0.159. The zero-order valence-electron chi connectivity index (χ0n) is 13.4. The van der Waals surface area contributed by atoms with Gasteiger partial charge in [-0.3, -0.25) is 4.79 Å². The van der Waals surface area contributed by atoms with Gasteiger partial charge in [0, 0.05) is 6.54 Å². The number of rotatable bonds is 6. The van der Waals surface area contributed by atoms with Crippen molar-refractivity contribution in [3.8, 4) is 0 Å². The maximum Gasteiger partial charge on any atom is 0.248 e. The van der Waals surface area contributed by atoms with E-state index in [1.807, 2.05) is 30.3 Å². The zero-order valence-corrected chi connectivity index (χ0v) is 13.4. The van der Waals surface area contributed by atoms with E-state index in [2.05, 4.69) is 5.32 Å². The van der Waals surface area contributed by atoms with Crippen molar-refractivity contribution in [2.75, 3.05) is 6.54 Å². The molecule has 0 saturated heterocycles. The van der Waals surface area contributed by atoms with Gasteiger partial charge in [-0.15, -0.1) is 0 Å². The van der Waals surface area contributed by atoms with Crippen molar-refractivity contribution < 1.29 is 14.6 Å². The van der Waals surface area contributed by atoms with E-state index in [0.29, 0.717) is 13.2 Å². The van der Waals surface area contributed by atoms with Crippen molar-refractivity contribution in [2.45, 2.75) is 63.8 Å². The van der Waals surface area contributed by atoms with Crippen molar-refractivity contribution >= 4 is 5.91 Å². The van der Waals surface area contributed by atoms with Crippen molar-refractivity contribution in [3.05, 3.63) is 35.9 Å². The maximum absolute atomic E-state index is 12.1. The summed E-state index contributed by atoms with van der Waals surface area (Å²) >= 11 is 0. The Morgan fingerprint density at radius 3 is 2.50 bits per heavy atom. The summed E-state index contributed by atoms with van der Waals surface area (Å²) in [6, 6.07) is 9.79. The van der Waals surface area contributed by atoms with Crippen LogP contribution in [0.4, 0.5) is 0 Å². The summed E-state index contributed by atoms with van der Waals surface area (Å²) in [6.45, 7) is 2.49. The molecule has 1 aromatic carbocycles. The Morgan fingerprint density at radius 2 is 1.86 bits per heavy atom. The first-order chi connectivity index (χ1) is 10.6. The lowest BCUT2D eigenvalue weighted by atomic mass is 9.94. The van der Waals surface area contributed by atoms with Crippen LogP contribution < -0.4 is 5.32 Å². The second-order valence-corrected chi connectivity index (χ2v) is 6.30. The Labute approximate surface area is 132 Å². The second-order valence-electron chi connectivity index (χ2n) is 6.30. The number of ether oxygens (including phenoxy) is 1. The first-order valence-corrected chi connectivity index (χ1v) is 8.25. The molecule has 0 aromatic heterocycles. The average molecular weight is 305 g/mol. The maximum atomic E-state index is 12.1. The molecule has 1 unspecified atom stereocenters. The molecule has 0 aliphatic heterocycles. The predicted octanol–water partition coefficient (Wildman–Crippen LogP) is 2.79. The van der Waals surface area contributed by atoms with Gasteiger partial charge in [0.2, 0.25) is 5.91 Å². The lowest BCUT2D eigenvalue weighted by Crippen LogP contribution is -2.45. The minimum atomic E-state index is -0.745. The second kappa shape index (κ2) is 8.30. The van der Waals surface area contributed by atoms with E-state index in [1.54, 1.807) is 6.92 Å². The largest absolute Gasteiger partial charge is 0.388 e. The molecule has 0 spiro atoms. The van der Waals surface area contributed by atoms with Crippen molar-refractivity contribution in [1.29, 1.82) is 0 Å². The normalized spacial score (nSPS) is 19.2. The standard InChI is InChI=1S/C18H27NO3/c1-15(22-13-16-9-5-4-6-10-16)17(20)19-14-18(21)11-7-2-3-8-12-18/h4-6,9-10,15,21H,2-3,7-8,11-14H2,1H3,(H,19,20). The number of aliphatic hydroxyl groups is 1. The minimum absolute atomic E-state index is 0.159. The topological polar surface area (TPSA) is 58.6 Å². The quantitative estimate of drug-likeness (QED) is 0.795. The smallest absolute Gasteiger partial charge is 0.248 e. The third kappa shape index (κ3) is 5.43. The minimum Gasteiger partial charge on any atom is -0.388 e. The van der Waals surface area contributed by atoms with Gasteiger partial charge in [-0.2, -0.15) is 0 Å². The fourth-order valence-electron chi connectivity index (χ4n) is 2.83. The molecule has 4 nitrogen and oxygen atoms in total. The third-order valence-electron chi connectivity index (χ3n) is 4.34. The molecule has 1 aliphatic carbocycles. The number of nitrogens with one attached hydrogen (secondary N) is 1. The Morgan fingerprint density at radius 1 is 1.23 bits per heavy atom. The molecule has 0 bridgehead atoms. The van der Waals surface area contributed by atoms with Gasteiger partial charge in [-0.25, -0.2) is 0 Å². The fraction of sp³-hybridized carbons (Fsp3) is 0.611. The van der Waals surface area contributed by atoms with Crippen LogP contribution in [0.15, 0.2) is 30.3 Å². The number of hydrogen-bond donors (Lipinski definition) is 2. The van der Waals surface area contributed by atoms with Crippen LogP contribution in [0.5, 0.6) is 0 Å². The molecule has 1 saturated carbocycles. The molecule has 0 radical (unpaired) electrons. The van der Waals surface area contributed by atoms with Crippen LogP contribution in [0, 0.1) is 0 Å². The number of benzene rings is 1. The molecular formula is C18H27NO3. The summed E-state index contributed by atoms with van der Waals surface area (Å²) in [6.07, 6.45) is 5.44. The molecule has 2 N–H and O–H groups in total. The first kappa shape index (κ1) is 17.0. The molecule has 22 heavy (non-hydrogen) atoms. The average Bonchev–Trinajstić information content (AvgIpc) is 2.76. The van der Waals surface area contributed by atoms with Crippen LogP contribution in [-0.2, 0) is 16.1 Å². The molecule has 122 valence electrons.